The number of nitro benzene ring substituents is 1. The first kappa shape index (κ1) is 13.8. The first-order valence-corrected chi connectivity index (χ1v) is 6.41. The maximum Gasteiger partial charge on any atom is 0.292 e. The van der Waals surface area contributed by atoms with Gasteiger partial charge < -0.3 is 10.6 Å². The van der Waals surface area contributed by atoms with Gasteiger partial charge in [-0.15, -0.1) is 0 Å². The fourth-order valence-corrected chi connectivity index (χ4v) is 2.25. The fourth-order valence-electron chi connectivity index (χ4n) is 2.08. The molecule has 2 N–H and O–H groups in total. The first-order chi connectivity index (χ1) is 9.08. The van der Waals surface area contributed by atoms with Gasteiger partial charge >= 0.3 is 0 Å². The summed E-state index contributed by atoms with van der Waals surface area (Å²) in [5.41, 5.74) is -0.00501. The zero-order valence-corrected chi connectivity index (χ0v) is 10.9. The minimum absolute atomic E-state index is 0.146. The van der Waals surface area contributed by atoms with Crippen LogP contribution < -0.4 is 10.6 Å². The number of anilines is 1. The molecule has 7 heteroatoms. The minimum Gasteiger partial charge on any atom is -0.320 e. The number of benzene rings is 1. The van der Waals surface area contributed by atoms with Gasteiger partial charge in [0.2, 0.25) is 5.91 Å². The van der Waals surface area contributed by atoms with Crippen LogP contribution in [0.1, 0.15) is 12.8 Å². The molecule has 1 aromatic carbocycles. The monoisotopic (exact) mass is 283 g/mol. The molecule has 1 heterocycles. The minimum atomic E-state index is -0.537. The molecule has 1 aromatic rings. The number of nitrogens with zero attached hydrogens (tertiary/aromatic N) is 1. The Morgan fingerprint density at radius 1 is 1.53 bits per heavy atom. The van der Waals surface area contributed by atoms with E-state index in [0.717, 1.165) is 19.4 Å². The number of carbonyl (C=O) groups excluding carboxylic acids is 1. The van der Waals surface area contributed by atoms with Gasteiger partial charge in [0.25, 0.3) is 5.69 Å². The number of carbonyl (C=O) groups is 1. The molecule has 0 saturated carbocycles. The van der Waals surface area contributed by atoms with Crippen molar-refractivity contribution in [2.75, 3.05) is 18.4 Å². The van der Waals surface area contributed by atoms with E-state index in [1.165, 1.54) is 18.2 Å². The number of hydrogen-bond donors (Lipinski definition) is 2. The summed E-state index contributed by atoms with van der Waals surface area (Å²) >= 11 is 5.80. The van der Waals surface area contributed by atoms with E-state index in [0.29, 0.717) is 11.6 Å². The largest absolute Gasteiger partial charge is 0.320 e. The summed E-state index contributed by atoms with van der Waals surface area (Å²) in [6, 6.07) is 4.11. The molecular formula is C12H14ClN3O3. The van der Waals surface area contributed by atoms with Crippen LogP contribution in [0.25, 0.3) is 0 Å². The van der Waals surface area contributed by atoms with Crippen molar-refractivity contribution in [2.45, 2.75) is 12.8 Å². The van der Waals surface area contributed by atoms with Crippen LogP contribution >= 0.6 is 11.6 Å². The predicted octanol–water partition coefficient (Wildman–Crippen LogP) is 2.19. The highest BCUT2D eigenvalue weighted by atomic mass is 35.5. The van der Waals surface area contributed by atoms with Crippen molar-refractivity contribution in [3.05, 3.63) is 33.3 Å². The molecule has 6 nitrogen and oxygen atoms in total. The van der Waals surface area contributed by atoms with Crippen molar-refractivity contribution < 1.29 is 9.72 Å². The van der Waals surface area contributed by atoms with Gasteiger partial charge in [0.05, 0.1) is 10.8 Å². The van der Waals surface area contributed by atoms with Gasteiger partial charge in [-0.25, -0.2) is 0 Å². The number of rotatable bonds is 3. The number of amides is 1. The number of hydrogen-bond acceptors (Lipinski definition) is 4. The predicted molar refractivity (Wildman–Crippen MR) is 72.3 cm³/mol. The SMILES string of the molecule is O=C(Nc1cc(Cl)ccc1[N+](=O)[O-])[C@@H]1CCCNC1. The van der Waals surface area contributed by atoms with E-state index in [1.807, 2.05) is 0 Å². The third-order valence-electron chi connectivity index (χ3n) is 3.08. The average molecular weight is 284 g/mol. The van der Waals surface area contributed by atoms with Gasteiger partial charge in [-0.2, -0.15) is 0 Å². The maximum absolute atomic E-state index is 12.0. The second kappa shape index (κ2) is 5.99. The Kier molecular flexibility index (Phi) is 4.34. The van der Waals surface area contributed by atoms with Crippen LogP contribution in [0, 0.1) is 16.0 Å². The summed E-state index contributed by atoms with van der Waals surface area (Å²) in [6.07, 6.45) is 1.71. The van der Waals surface area contributed by atoms with Crippen LogP contribution in [-0.4, -0.2) is 23.9 Å². The number of piperidine rings is 1. The molecule has 0 unspecified atom stereocenters. The Hall–Kier alpha value is -1.66. The standard InChI is InChI=1S/C12H14ClN3O3/c13-9-3-4-11(16(18)19)10(6-9)15-12(17)8-2-1-5-14-7-8/h3-4,6,8,14H,1-2,5,7H2,(H,15,17)/t8-/m1/s1. The van der Waals surface area contributed by atoms with Gasteiger partial charge in [-0.1, -0.05) is 11.6 Å². The molecule has 19 heavy (non-hydrogen) atoms. The van der Waals surface area contributed by atoms with Crippen LogP contribution in [0.15, 0.2) is 18.2 Å². The van der Waals surface area contributed by atoms with Crippen molar-refractivity contribution in [3.8, 4) is 0 Å². The molecule has 1 aliphatic heterocycles. The molecule has 1 amide bonds. The zero-order chi connectivity index (χ0) is 13.8. The summed E-state index contributed by atoms with van der Waals surface area (Å²) in [4.78, 5) is 22.4. The first-order valence-electron chi connectivity index (χ1n) is 6.03. The quantitative estimate of drug-likeness (QED) is 0.658. The molecule has 1 atom stereocenters. The van der Waals surface area contributed by atoms with E-state index in [4.69, 9.17) is 11.6 Å². The van der Waals surface area contributed by atoms with Crippen LogP contribution in [0.5, 0.6) is 0 Å². The van der Waals surface area contributed by atoms with E-state index in [2.05, 4.69) is 10.6 Å². The van der Waals surface area contributed by atoms with Crippen LogP contribution in [-0.2, 0) is 4.79 Å². The molecule has 0 aliphatic carbocycles. The summed E-state index contributed by atoms with van der Waals surface area (Å²) < 4.78 is 0. The third kappa shape index (κ3) is 3.42. The number of halogens is 1. The summed E-state index contributed by atoms with van der Waals surface area (Å²) in [6.45, 7) is 1.50. The van der Waals surface area contributed by atoms with Gasteiger partial charge in [0.1, 0.15) is 5.69 Å². The lowest BCUT2D eigenvalue weighted by Crippen LogP contribution is -2.37. The van der Waals surface area contributed by atoms with Gasteiger partial charge in [0.15, 0.2) is 0 Å². The van der Waals surface area contributed by atoms with E-state index < -0.39 is 4.92 Å². The Morgan fingerprint density at radius 3 is 2.95 bits per heavy atom. The highest BCUT2D eigenvalue weighted by Gasteiger charge is 2.23. The second-order valence-corrected chi connectivity index (χ2v) is 4.89. The molecule has 1 fully saturated rings. The zero-order valence-electron chi connectivity index (χ0n) is 10.2. The topological polar surface area (TPSA) is 84.3 Å². The van der Waals surface area contributed by atoms with Crippen molar-refractivity contribution in [3.63, 3.8) is 0 Å². The van der Waals surface area contributed by atoms with E-state index in [9.17, 15) is 14.9 Å². The lowest BCUT2D eigenvalue weighted by molar-refractivity contribution is -0.383. The molecule has 1 saturated heterocycles. The average Bonchev–Trinajstić information content (AvgIpc) is 2.39. The summed E-state index contributed by atoms with van der Waals surface area (Å²) in [7, 11) is 0. The number of nitrogens with one attached hydrogen (secondary N) is 2. The molecule has 0 aromatic heterocycles. The Bertz CT molecular complexity index is 501. The Balaban J connectivity index is 2.15. The molecule has 0 radical (unpaired) electrons. The molecule has 2 rings (SSSR count). The highest BCUT2D eigenvalue weighted by molar-refractivity contribution is 6.31. The fraction of sp³-hybridized carbons (Fsp3) is 0.417. The second-order valence-electron chi connectivity index (χ2n) is 4.45. The van der Waals surface area contributed by atoms with Crippen molar-refractivity contribution in [1.29, 1.82) is 0 Å². The van der Waals surface area contributed by atoms with E-state index in [-0.39, 0.29) is 23.2 Å². The normalized spacial score (nSPS) is 18.9. The van der Waals surface area contributed by atoms with Gasteiger partial charge in [0, 0.05) is 17.6 Å². The van der Waals surface area contributed by atoms with E-state index in [1.54, 1.807) is 0 Å². The van der Waals surface area contributed by atoms with Gasteiger partial charge in [-0.05, 0) is 31.5 Å². The van der Waals surface area contributed by atoms with Gasteiger partial charge in [-0.3, -0.25) is 14.9 Å². The lowest BCUT2D eigenvalue weighted by Gasteiger charge is -2.21. The molecule has 0 spiro atoms. The molecule has 0 bridgehead atoms. The van der Waals surface area contributed by atoms with Crippen molar-refractivity contribution in [2.24, 2.45) is 5.92 Å². The van der Waals surface area contributed by atoms with E-state index >= 15 is 0 Å². The third-order valence-corrected chi connectivity index (χ3v) is 3.32. The van der Waals surface area contributed by atoms with Crippen molar-refractivity contribution >= 4 is 28.9 Å². The number of nitro groups is 1. The Labute approximate surface area is 115 Å². The smallest absolute Gasteiger partial charge is 0.292 e. The summed E-state index contributed by atoms with van der Waals surface area (Å²) in [5, 5.41) is 17.0. The molecule has 102 valence electrons. The molecular weight excluding hydrogens is 270 g/mol. The summed E-state index contributed by atoms with van der Waals surface area (Å²) in [5.74, 6) is -0.370. The van der Waals surface area contributed by atoms with Crippen LogP contribution in [0.3, 0.4) is 0 Å². The van der Waals surface area contributed by atoms with Crippen LogP contribution in [0.2, 0.25) is 5.02 Å². The Morgan fingerprint density at radius 2 is 2.32 bits per heavy atom. The highest BCUT2D eigenvalue weighted by Crippen LogP contribution is 2.28. The molecule has 1 aliphatic rings. The maximum atomic E-state index is 12.0. The van der Waals surface area contributed by atoms with Crippen LogP contribution in [0.4, 0.5) is 11.4 Å². The lowest BCUT2D eigenvalue weighted by atomic mass is 9.99. The van der Waals surface area contributed by atoms with Crippen molar-refractivity contribution in [1.82, 2.24) is 5.32 Å².